The van der Waals surface area contributed by atoms with Crippen molar-refractivity contribution in [3.05, 3.63) is 59.2 Å². The van der Waals surface area contributed by atoms with Gasteiger partial charge in [-0.2, -0.15) is 10.5 Å². The molecule has 120 valence electrons. The highest BCUT2D eigenvalue weighted by Gasteiger charge is 2.14. The molecule has 0 saturated heterocycles. The lowest BCUT2D eigenvalue weighted by molar-refractivity contribution is -0.120. The summed E-state index contributed by atoms with van der Waals surface area (Å²) in [6.45, 7) is 3.83. The molecular formula is C19H17N3O2. The van der Waals surface area contributed by atoms with Gasteiger partial charge in [0.05, 0.1) is 35.8 Å². The van der Waals surface area contributed by atoms with Crippen molar-refractivity contribution in [2.24, 2.45) is 5.92 Å². The fourth-order valence-electron chi connectivity index (χ4n) is 2.05. The summed E-state index contributed by atoms with van der Waals surface area (Å²) in [7, 11) is 0. The standard InChI is InChI=1S/C19H17N3O2/c1-13-9-17(6-5-16(13)11-21)22-19(23)14(2)12-24-18-7-3-15(10-20)4-8-18/h3-9,14H,12H2,1-2H3,(H,22,23)/t14-/m0/s1. The van der Waals surface area contributed by atoms with E-state index >= 15 is 0 Å². The van der Waals surface area contributed by atoms with E-state index in [1.54, 1.807) is 49.4 Å². The van der Waals surface area contributed by atoms with Crippen molar-refractivity contribution in [1.82, 2.24) is 0 Å². The molecule has 0 aromatic heterocycles. The molecule has 1 atom stereocenters. The predicted octanol–water partition coefficient (Wildman–Crippen LogP) is 3.39. The van der Waals surface area contributed by atoms with Gasteiger partial charge in [0.1, 0.15) is 5.75 Å². The Labute approximate surface area is 141 Å². The highest BCUT2D eigenvalue weighted by molar-refractivity contribution is 5.92. The lowest BCUT2D eigenvalue weighted by Crippen LogP contribution is -2.25. The molecule has 0 radical (unpaired) electrons. The number of anilines is 1. The zero-order valence-corrected chi connectivity index (χ0v) is 13.5. The molecule has 2 aromatic carbocycles. The van der Waals surface area contributed by atoms with E-state index in [4.69, 9.17) is 15.3 Å². The van der Waals surface area contributed by atoms with E-state index in [2.05, 4.69) is 11.4 Å². The number of aryl methyl sites for hydroxylation is 1. The van der Waals surface area contributed by atoms with Crippen LogP contribution in [0.2, 0.25) is 0 Å². The summed E-state index contributed by atoms with van der Waals surface area (Å²) >= 11 is 0. The smallest absolute Gasteiger partial charge is 0.230 e. The molecule has 24 heavy (non-hydrogen) atoms. The van der Waals surface area contributed by atoms with Crippen molar-refractivity contribution in [2.45, 2.75) is 13.8 Å². The van der Waals surface area contributed by atoms with Crippen LogP contribution < -0.4 is 10.1 Å². The first-order valence-corrected chi connectivity index (χ1v) is 7.48. The van der Waals surface area contributed by atoms with Gasteiger partial charge in [0.2, 0.25) is 5.91 Å². The van der Waals surface area contributed by atoms with Gasteiger partial charge in [-0.3, -0.25) is 4.79 Å². The Morgan fingerprint density at radius 3 is 2.46 bits per heavy atom. The van der Waals surface area contributed by atoms with Crippen molar-refractivity contribution in [2.75, 3.05) is 11.9 Å². The van der Waals surface area contributed by atoms with E-state index in [-0.39, 0.29) is 18.4 Å². The normalized spacial score (nSPS) is 11.0. The first-order chi connectivity index (χ1) is 11.5. The molecule has 0 unspecified atom stereocenters. The second-order valence-electron chi connectivity index (χ2n) is 5.48. The molecule has 0 aliphatic rings. The minimum atomic E-state index is -0.350. The zero-order valence-electron chi connectivity index (χ0n) is 13.5. The largest absolute Gasteiger partial charge is 0.493 e. The maximum Gasteiger partial charge on any atom is 0.230 e. The molecule has 2 aromatic rings. The first kappa shape index (κ1) is 17.1. The Hall–Kier alpha value is -3.31. The van der Waals surface area contributed by atoms with Crippen LogP contribution in [0.15, 0.2) is 42.5 Å². The van der Waals surface area contributed by atoms with Gasteiger partial charge in [0.25, 0.3) is 0 Å². The summed E-state index contributed by atoms with van der Waals surface area (Å²) < 4.78 is 5.57. The average molecular weight is 319 g/mol. The number of ether oxygens (including phenoxy) is 1. The van der Waals surface area contributed by atoms with E-state index in [0.717, 1.165) is 5.56 Å². The molecule has 5 nitrogen and oxygen atoms in total. The van der Waals surface area contributed by atoms with Crippen LogP contribution in [0.5, 0.6) is 5.75 Å². The number of nitriles is 2. The highest BCUT2D eigenvalue weighted by Crippen LogP contribution is 2.16. The van der Waals surface area contributed by atoms with Crippen molar-refractivity contribution < 1.29 is 9.53 Å². The third-order valence-corrected chi connectivity index (χ3v) is 3.55. The fraction of sp³-hybridized carbons (Fsp3) is 0.211. The summed E-state index contributed by atoms with van der Waals surface area (Å²) in [6.07, 6.45) is 0. The number of nitrogens with zero attached hydrogens (tertiary/aromatic N) is 2. The number of nitrogens with one attached hydrogen (secondary N) is 1. The third-order valence-electron chi connectivity index (χ3n) is 3.55. The summed E-state index contributed by atoms with van der Waals surface area (Å²) in [5, 5.41) is 20.5. The summed E-state index contributed by atoms with van der Waals surface area (Å²) in [5.74, 6) is 0.104. The van der Waals surface area contributed by atoms with Crippen LogP contribution in [0, 0.1) is 35.5 Å². The Bertz CT molecular complexity index is 814. The van der Waals surface area contributed by atoms with E-state index in [0.29, 0.717) is 22.6 Å². The van der Waals surface area contributed by atoms with Gasteiger partial charge in [-0.15, -0.1) is 0 Å². The average Bonchev–Trinajstić information content (AvgIpc) is 2.60. The SMILES string of the molecule is Cc1cc(NC(=O)[C@@H](C)COc2ccc(C#N)cc2)ccc1C#N. The molecule has 0 heterocycles. The molecular weight excluding hydrogens is 302 g/mol. The van der Waals surface area contributed by atoms with Gasteiger partial charge >= 0.3 is 0 Å². The van der Waals surface area contributed by atoms with Gasteiger partial charge in [-0.25, -0.2) is 0 Å². The molecule has 0 bridgehead atoms. The fourth-order valence-corrected chi connectivity index (χ4v) is 2.05. The van der Waals surface area contributed by atoms with Crippen molar-refractivity contribution in [3.8, 4) is 17.9 Å². The quantitative estimate of drug-likeness (QED) is 0.915. The monoisotopic (exact) mass is 319 g/mol. The molecule has 0 fully saturated rings. The van der Waals surface area contributed by atoms with Crippen LogP contribution in [0.4, 0.5) is 5.69 Å². The Morgan fingerprint density at radius 1 is 1.17 bits per heavy atom. The van der Waals surface area contributed by atoms with Crippen LogP contribution in [0.1, 0.15) is 23.6 Å². The van der Waals surface area contributed by atoms with Crippen molar-refractivity contribution >= 4 is 11.6 Å². The van der Waals surface area contributed by atoms with Crippen LogP contribution in [0.25, 0.3) is 0 Å². The van der Waals surface area contributed by atoms with Gasteiger partial charge in [0.15, 0.2) is 0 Å². The zero-order chi connectivity index (χ0) is 17.5. The molecule has 1 amide bonds. The molecule has 0 aliphatic heterocycles. The Kier molecular flexibility index (Phi) is 5.54. The number of hydrogen-bond acceptors (Lipinski definition) is 4. The topological polar surface area (TPSA) is 85.9 Å². The van der Waals surface area contributed by atoms with Gasteiger partial charge in [-0.05, 0) is 55.0 Å². The number of rotatable bonds is 5. The summed E-state index contributed by atoms with van der Waals surface area (Å²) in [4.78, 5) is 12.2. The molecule has 0 aliphatic carbocycles. The van der Waals surface area contributed by atoms with Crippen LogP contribution >= 0.6 is 0 Å². The van der Waals surface area contributed by atoms with E-state index in [9.17, 15) is 4.79 Å². The highest BCUT2D eigenvalue weighted by atomic mass is 16.5. The summed E-state index contributed by atoms with van der Waals surface area (Å²) in [6, 6.07) is 16.0. The van der Waals surface area contributed by atoms with E-state index in [1.165, 1.54) is 0 Å². The van der Waals surface area contributed by atoms with E-state index in [1.807, 2.05) is 13.0 Å². The van der Waals surface area contributed by atoms with E-state index < -0.39 is 0 Å². The molecule has 0 saturated carbocycles. The molecule has 1 N–H and O–H groups in total. The van der Waals surface area contributed by atoms with Gasteiger partial charge < -0.3 is 10.1 Å². The van der Waals surface area contributed by atoms with Gasteiger partial charge in [0, 0.05) is 5.69 Å². The maximum atomic E-state index is 12.2. The maximum absolute atomic E-state index is 12.2. The van der Waals surface area contributed by atoms with Crippen molar-refractivity contribution in [3.63, 3.8) is 0 Å². The first-order valence-electron chi connectivity index (χ1n) is 7.48. The lowest BCUT2D eigenvalue weighted by Gasteiger charge is -2.14. The van der Waals surface area contributed by atoms with Gasteiger partial charge in [-0.1, -0.05) is 6.92 Å². The minimum absolute atomic E-state index is 0.159. The number of carbonyl (C=O) groups is 1. The molecule has 0 spiro atoms. The van der Waals surface area contributed by atoms with Crippen LogP contribution in [-0.4, -0.2) is 12.5 Å². The second-order valence-corrected chi connectivity index (χ2v) is 5.48. The van der Waals surface area contributed by atoms with Crippen molar-refractivity contribution in [1.29, 1.82) is 10.5 Å². The van der Waals surface area contributed by atoms with Crippen LogP contribution in [-0.2, 0) is 4.79 Å². The third kappa shape index (κ3) is 4.34. The number of benzene rings is 2. The second kappa shape index (κ2) is 7.80. The Balaban J connectivity index is 1.91. The molecule has 2 rings (SSSR count). The Morgan fingerprint density at radius 2 is 1.88 bits per heavy atom. The number of carbonyl (C=O) groups excluding carboxylic acids is 1. The molecule has 5 heteroatoms. The summed E-state index contributed by atoms with van der Waals surface area (Å²) in [5.41, 5.74) is 2.62. The predicted molar refractivity (Wildman–Crippen MR) is 90.3 cm³/mol. The number of amides is 1. The lowest BCUT2D eigenvalue weighted by atomic mass is 10.1. The number of hydrogen-bond donors (Lipinski definition) is 1. The minimum Gasteiger partial charge on any atom is -0.493 e. The van der Waals surface area contributed by atoms with Crippen LogP contribution in [0.3, 0.4) is 0 Å².